The molecule has 0 saturated heterocycles. The van der Waals surface area contributed by atoms with Gasteiger partial charge in [0.25, 0.3) is 5.91 Å². The van der Waals surface area contributed by atoms with Crippen LogP contribution in [0.4, 0.5) is 5.69 Å². The molecule has 0 aliphatic heterocycles. The summed E-state index contributed by atoms with van der Waals surface area (Å²) in [5.41, 5.74) is 7.36. The SMILES string of the molecule is CCc1ccc(C(=O)NCc2ccc(OC)c(N)c2)s1. The van der Waals surface area contributed by atoms with Crippen LogP contribution in [0.3, 0.4) is 0 Å². The number of rotatable bonds is 5. The third-order valence-electron chi connectivity index (χ3n) is 2.98. The molecule has 0 atom stereocenters. The van der Waals surface area contributed by atoms with Gasteiger partial charge in [-0.2, -0.15) is 0 Å². The second-order valence-electron chi connectivity index (χ2n) is 4.38. The minimum absolute atomic E-state index is 0.0518. The van der Waals surface area contributed by atoms with E-state index in [1.807, 2.05) is 24.3 Å². The van der Waals surface area contributed by atoms with E-state index in [0.717, 1.165) is 16.9 Å². The zero-order valence-electron chi connectivity index (χ0n) is 11.6. The van der Waals surface area contributed by atoms with Crippen LogP contribution in [0.15, 0.2) is 30.3 Å². The van der Waals surface area contributed by atoms with Gasteiger partial charge in [-0.1, -0.05) is 13.0 Å². The third-order valence-corrected chi connectivity index (χ3v) is 4.21. The van der Waals surface area contributed by atoms with Crippen LogP contribution in [0.25, 0.3) is 0 Å². The van der Waals surface area contributed by atoms with Gasteiger partial charge in [0.15, 0.2) is 0 Å². The first-order chi connectivity index (χ1) is 9.63. The van der Waals surface area contributed by atoms with Gasteiger partial charge in [0.2, 0.25) is 0 Å². The fourth-order valence-corrected chi connectivity index (χ4v) is 2.72. The number of thiophene rings is 1. The van der Waals surface area contributed by atoms with Gasteiger partial charge in [-0.25, -0.2) is 0 Å². The van der Waals surface area contributed by atoms with Gasteiger partial charge in [-0.15, -0.1) is 11.3 Å². The maximum absolute atomic E-state index is 12.0. The van der Waals surface area contributed by atoms with Crippen molar-refractivity contribution < 1.29 is 9.53 Å². The van der Waals surface area contributed by atoms with E-state index in [1.165, 1.54) is 16.2 Å². The van der Waals surface area contributed by atoms with E-state index in [2.05, 4.69) is 12.2 Å². The summed E-state index contributed by atoms with van der Waals surface area (Å²) in [6.07, 6.45) is 0.951. The van der Waals surface area contributed by atoms with Crippen LogP contribution >= 0.6 is 11.3 Å². The normalized spacial score (nSPS) is 10.3. The lowest BCUT2D eigenvalue weighted by atomic mass is 10.2. The summed E-state index contributed by atoms with van der Waals surface area (Å²) in [7, 11) is 1.58. The Morgan fingerprint density at radius 1 is 1.35 bits per heavy atom. The van der Waals surface area contributed by atoms with Crippen molar-refractivity contribution in [3.8, 4) is 5.75 Å². The summed E-state index contributed by atoms with van der Waals surface area (Å²) >= 11 is 1.53. The van der Waals surface area contributed by atoms with Crippen LogP contribution in [0.5, 0.6) is 5.75 Å². The molecule has 0 unspecified atom stereocenters. The molecule has 4 nitrogen and oxygen atoms in total. The molecule has 106 valence electrons. The number of ether oxygens (including phenoxy) is 1. The summed E-state index contributed by atoms with van der Waals surface area (Å²) in [6, 6.07) is 9.36. The zero-order valence-corrected chi connectivity index (χ0v) is 12.4. The van der Waals surface area contributed by atoms with Gasteiger partial charge in [0, 0.05) is 11.4 Å². The highest BCUT2D eigenvalue weighted by molar-refractivity contribution is 7.14. The van der Waals surface area contributed by atoms with E-state index in [0.29, 0.717) is 18.0 Å². The number of nitrogens with two attached hydrogens (primary N) is 1. The average molecular weight is 290 g/mol. The molecule has 0 fully saturated rings. The number of carbonyl (C=O) groups excluding carboxylic acids is 1. The molecule has 0 radical (unpaired) electrons. The number of anilines is 1. The highest BCUT2D eigenvalue weighted by Crippen LogP contribution is 2.22. The fourth-order valence-electron chi connectivity index (χ4n) is 1.85. The quantitative estimate of drug-likeness (QED) is 0.832. The van der Waals surface area contributed by atoms with Crippen molar-refractivity contribution in [3.05, 3.63) is 45.6 Å². The number of nitrogens with one attached hydrogen (secondary N) is 1. The number of hydrogen-bond donors (Lipinski definition) is 2. The first kappa shape index (κ1) is 14.4. The third kappa shape index (κ3) is 3.30. The van der Waals surface area contributed by atoms with Gasteiger partial charge in [0.1, 0.15) is 5.75 Å². The van der Waals surface area contributed by atoms with Crippen LogP contribution in [0, 0.1) is 0 Å². The molecule has 0 bridgehead atoms. The molecule has 1 aromatic carbocycles. The molecule has 0 aliphatic rings. The predicted octanol–water partition coefficient (Wildman–Crippen LogP) is 2.83. The molecule has 0 aliphatic carbocycles. The first-order valence-electron chi connectivity index (χ1n) is 6.43. The summed E-state index contributed by atoms with van der Waals surface area (Å²) in [5, 5.41) is 2.89. The predicted molar refractivity (Wildman–Crippen MR) is 82.3 cm³/mol. The summed E-state index contributed by atoms with van der Waals surface area (Å²) < 4.78 is 5.10. The molecule has 1 amide bonds. The van der Waals surface area contributed by atoms with E-state index in [1.54, 1.807) is 13.2 Å². The molecule has 0 spiro atoms. The highest BCUT2D eigenvalue weighted by Gasteiger charge is 2.08. The van der Waals surface area contributed by atoms with Crippen LogP contribution < -0.4 is 15.8 Å². The number of benzene rings is 1. The first-order valence-corrected chi connectivity index (χ1v) is 7.25. The van der Waals surface area contributed by atoms with Crippen molar-refractivity contribution in [1.29, 1.82) is 0 Å². The van der Waals surface area contributed by atoms with Gasteiger partial charge in [-0.05, 0) is 36.2 Å². The molecule has 20 heavy (non-hydrogen) atoms. The molecule has 2 rings (SSSR count). The Bertz CT molecular complexity index is 608. The average Bonchev–Trinajstić information content (AvgIpc) is 2.94. The second-order valence-corrected chi connectivity index (χ2v) is 5.55. The van der Waals surface area contributed by atoms with Crippen molar-refractivity contribution in [2.45, 2.75) is 19.9 Å². The Morgan fingerprint density at radius 2 is 2.15 bits per heavy atom. The van der Waals surface area contributed by atoms with Crippen molar-refractivity contribution >= 4 is 22.9 Å². The Hall–Kier alpha value is -2.01. The second kappa shape index (κ2) is 6.43. The van der Waals surface area contributed by atoms with E-state index < -0.39 is 0 Å². The topological polar surface area (TPSA) is 64.3 Å². The number of amides is 1. The van der Waals surface area contributed by atoms with Crippen molar-refractivity contribution in [2.75, 3.05) is 12.8 Å². The van der Waals surface area contributed by atoms with Gasteiger partial charge in [0.05, 0.1) is 17.7 Å². The van der Waals surface area contributed by atoms with Gasteiger partial charge < -0.3 is 15.8 Å². The Labute approximate surface area is 122 Å². The van der Waals surface area contributed by atoms with E-state index in [4.69, 9.17) is 10.5 Å². The Balaban J connectivity index is 1.97. The van der Waals surface area contributed by atoms with Crippen molar-refractivity contribution in [1.82, 2.24) is 5.32 Å². The maximum Gasteiger partial charge on any atom is 0.261 e. The maximum atomic E-state index is 12.0. The minimum Gasteiger partial charge on any atom is -0.495 e. The van der Waals surface area contributed by atoms with Crippen LogP contribution in [0.1, 0.15) is 27.0 Å². The standard InChI is InChI=1S/C15H18N2O2S/c1-3-11-5-7-14(20-11)15(18)17-9-10-4-6-13(19-2)12(16)8-10/h4-8H,3,9,16H2,1-2H3,(H,17,18). The van der Waals surface area contributed by atoms with E-state index in [-0.39, 0.29) is 5.91 Å². The lowest BCUT2D eigenvalue weighted by Gasteiger charge is -2.08. The molecule has 1 heterocycles. The largest absolute Gasteiger partial charge is 0.495 e. The smallest absolute Gasteiger partial charge is 0.261 e. The highest BCUT2D eigenvalue weighted by atomic mass is 32.1. The molecule has 2 aromatic rings. The van der Waals surface area contributed by atoms with Crippen LogP contribution in [-0.4, -0.2) is 13.0 Å². The van der Waals surface area contributed by atoms with Crippen molar-refractivity contribution in [2.24, 2.45) is 0 Å². The molecule has 5 heteroatoms. The minimum atomic E-state index is -0.0518. The van der Waals surface area contributed by atoms with E-state index in [9.17, 15) is 4.79 Å². The summed E-state index contributed by atoms with van der Waals surface area (Å²) in [4.78, 5) is 13.9. The van der Waals surface area contributed by atoms with Crippen LogP contribution in [-0.2, 0) is 13.0 Å². The Kier molecular flexibility index (Phi) is 4.63. The monoisotopic (exact) mass is 290 g/mol. The summed E-state index contributed by atoms with van der Waals surface area (Å²) in [5.74, 6) is 0.593. The molecule has 0 saturated carbocycles. The number of methoxy groups -OCH3 is 1. The summed E-state index contributed by atoms with van der Waals surface area (Å²) in [6.45, 7) is 2.53. The van der Waals surface area contributed by atoms with E-state index >= 15 is 0 Å². The van der Waals surface area contributed by atoms with Crippen molar-refractivity contribution in [3.63, 3.8) is 0 Å². The number of carbonyl (C=O) groups is 1. The lowest BCUT2D eigenvalue weighted by Crippen LogP contribution is -2.21. The van der Waals surface area contributed by atoms with Gasteiger partial charge in [-0.3, -0.25) is 4.79 Å². The zero-order chi connectivity index (χ0) is 14.5. The molecular formula is C15H18N2O2S. The lowest BCUT2D eigenvalue weighted by molar-refractivity contribution is 0.0955. The van der Waals surface area contributed by atoms with Gasteiger partial charge >= 0.3 is 0 Å². The fraction of sp³-hybridized carbons (Fsp3) is 0.267. The number of hydrogen-bond acceptors (Lipinski definition) is 4. The number of nitrogen functional groups attached to an aromatic ring is 1. The number of aryl methyl sites for hydroxylation is 1. The molecule has 1 aromatic heterocycles. The van der Waals surface area contributed by atoms with Crippen LogP contribution in [0.2, 0.25) is 0 Å². The Morgan fingerprint density at radius 3 is 2.75 bits per heavy atom. The molecular weight excluding hydrogens is 272 g/mol. The molecule has 3 N–H and O–H groups in total.